The lowest BCUT2D eigenvalue weighted by molar-refractivity contribution is -0.139. The number of carbonyl (C=O) groups excluding carboxylic acids is 1. The fraction of sp³-hybridized carbons (Fsp3) is 0.556. The number of rotatable bonds is 4. The Balaban J connectivity index is 2.20. The van der Waals surface area contributed by atoms with E-state index in [4.69, 9.17) is 9.47 Å². The fourth-order valence-corrected chi connectivity index (χ4v) is 1.58. The number of esters is 1. The van der Waals surface area contributed by atoms with Crippen molar-refractivity contribution >= 4 is 23.0 Å². The van der Waals surface area contributed by atoms with E-state index < -0.39 is 0 Å². The fourth-order valence-electron chi connectivity index (χ4n) is 0.894. The summed E-state index contributed by atoms with van der Waals surface area (Å²) in [5, 5.41) is 0.544. The predicted molar refractivity (Wildman–Crippen MR) is 56.5 cm³/mol. The van der Waals surface area contributed by atoms with Gasteiger partial charge in [-0.05, 0) is 13.0 Å². The van der Waals surface area contributed by atoms with Gasteiger partial charge in [0, 0.05) is 0 Å². The Labute approximate surface area is 87.4 Å². The molecule has 0 aliphatic carbocycles. The zero-order valence-electron chi connectivity index (χ0n) is 8.06. The summed E-state index contributed by atoms with van der Waals surface area (Å²) in [6, 6.07) is 0. The minimum atomic E-state index is -0.245. The predicted octanol–water partition coefficient (Wildman–Crippen LogP) is 1.22. The van der Waals surface area contributed by atoms with Gasteiger partial charge in [-0.2, -0.15) is 0 Å². The molecule has 1 heterocycles. The van der Waals surface area contributed by atoms with Crippen LogP contribution in [0.2, 0.25) is 0 Å². The molecule has 0 amide bonds. The molecule has 0 unspecified atom stereocenters. The first-order valence-electron chi connectivity index (χ1n) is 4.38. The van der Waals surface area contributed by atoms with E-state index >= 15 is 0 Å². The maximum absolute atomic E-state index is 11.0. The summed E-state index contributed by atoms with van der Waals surface area (Å²) in [6.07, 6.45) is 1.65. The van der Waals surface area contributed by atoms with E-state index in [0.29, 0.717) is 18.4 Å². The molecular weight excluding hydrogens is 202 g/mol. The Morgan fingerprint density at radius 3 is 3.29 bits per heavy atom. The van der Waals surface area contributed by atoms with Crippen molar-refractivity contribution < 1.29 is 14.3 Å². The monoisotopic (exact) mass is 215 g/mol. The highest BCUT2D eigenvalue weighted by Gasteiger charge is 2.18. The first-order chi connectivity index (χ1) is 6.76. The second-order valence-corrected chi connectivity index (χ2v) is 3.52. The van der Waals surface area contributed by atoms with Crippen LogP contribution in [0.1, 0.15) is 6.92 Å². The molecule has 0 saturated heterocycles. The van der Waals surface area contributed by atoms with Gasteiger partial charge in [0.25, 0.3) is 0 Å². The third-order valence-corrected chi connectivity index (χ3v) is 2.39. The summed E-state index contributed by atoms with van der Waals surface area (Å²) >= 11 is 1.26. The van der Waals surface area contributed by atoms with Crippen molar-refractivity contribution in [3.05, 3.63) is 12.7 Å². The van der Waals surface area contributed by atoms with Gasteiger partial charge in [0.05, 0.1) is 13.2 Å². The van der Waals surface area contributed by atoms with E-state index in [2.05, 4.69) is 11.6 Å². The average Bonchev–Trinajstić information content (AvgIpc) is 2.63. The molecule has 0 radical (unpaired) electrons. The van der Waals surface area contributed by atoms with Gasteiger partial charge in [-0.1, -0.05) is 18.3 Å². The Hall–Kier alpha value is -0.970. The zero-order chi connectivity index (χ0) is 10.4. The summed E-state index contributed by atoms with van der Waals surface area (Å²) in [5.41, 5.74) is 0. The van der Waals surface area contributed by atoms with Gasteiger partial charge >= 0.3 is 5.97 Å². The lowest BCUT2D eigenvalue weighted by Gasteiger charge is -2.05. The normalized spacial score (nSPS) is 19.8. The Morgan fingerprint density at radius 2 is 2.71 bits per heavy atom. The highest BCUT2D eigenvalue weighted by molar-refractivity contribution is 8.14. The number of hydrogen-bond acceptors (Lipinski definition) is 5. The van der Waals surface area contributed by atoms with Crippen molar-refractivity contribution in [2.45, 2.75) is 13.0 Å². The SMILES string of the molecule is C=C[C@@H]1CN=C(SCC(=O)OCC)O1. The van der Waals surface area contributed by atoms with Crippen molar-refractivity contribution in [1.82, 2.24) is 0 Å². The number of nitrogens with zero attached hydrogens (tertiary/aromatic N) is 1. The third-order valence-electron chi connectivity index (χ3n) is 1.53. The molecule has 1 atom stereocenters. The first-order valence-corrected chi connectivity index (χ1v) is 5.37. The van der Waals surface area contributed by atoms with Gasteiger partial charge in [0.15, 0.2) is 0 Å². The lowest BCUT2D eigenvalue weighted by atomic mass is 10.4. The Kier molecular flexibility index (Phi) is 4.52. The van der Waals surface area contributed by atoms with Crippen LogP contribution in [-0.4, -0.2) is 36.2 Å². The molecule has 1 aliphatic heterocycles. The summed E-state index contributed by atoms with van der Waals surface area (Å²) in [5.74, 6) is 0.00198. The molecular formula is C9H13NO3S. The molecule has 0 spiro atoms. The molecule has 0 N–H and O–H groups in total. The minimum Gasteiger partial charge on any atom is -0.465 e. The molecule has 4 nitrogen and oxygen atoms in total. The molecule has 1 aliphatic rings. The Morgan fingerprint density at radius 1 is 1.93 bits per heavy atom. The van der Waals surface area contributed by atoms with Gasteiger partial charge in [0.2, 0.25) is 5.23 Å². The van der Waals surface area contributed by atoms with Gasteiger partial charge in [0.1, 0.15) is 11.9 Å². The second kappa shape index (κ2) is 5.70. The van der Waals surface area contributed by atoms with Crippen molar-refractivity contribution in [1.29, 1.82) is 0 Å². The summed E-state index contributed by atoms with van der Waals surface area (Å²) < 4.78 is 10.1. The van der Waals surface area contributed by atoms with Crippen LogP contribution in [-0.2, 0) is 14.3 Å². The molecule has 0 aromatic heterocycles. The number of ether oxygens (including phenoxy) is 2. The van der Waals surface area contributed by atoms with Gasteiger partial charge in [-0.25, -0.2) is 4.99 Å². The van der Waals surface area contributed by atoms with Gasteiger partial charge in [-0.3, -0.25) is 4.79 Å². The van der Waals surface area contributed by atoms with E-state index in [9.17, 15) is 4.79 Å². The molecule has 1 rings (SSSR count). The van der Waals surface area contributed by atoms with Crippen molar-refractivity contribution in [3.8, 4) is 0 Å². The van der Waals surface area contributed by atoms with E-state index in [0.717, 1.165) is 0 Å². The van der Waals surface area contributed by atoms with Crippen LogP contribution in [0.15, 0.2) is 17.6 Å². The standard InChI is InChI=1S/C9H13NO3S/c1-3-7-5-10-9(13-7)14-6-8(11)12-4-2/h3,7H,1,4-6H2,2H3/t7-/m1/s1. The molecule has 14 heavy (non-hydrogen) atoms. The van der Waals surface area contributed by atoms with Crippen LogP contribution in [0, 0.1) is 0 Å². The second-order valence-electron chi connectivity index (χ2n) is 2.59. The smallest absolute Gasteiger partial charge is 0.316 e. The number of aliphatic imine (C=N–C) groups is 1. The number of carbonyl (C=O) groups is 1. The quantitative estimate of drug-likeness (QED) is 0.522. The molecule has 0 aromatic carbocycles. The summed E-state index contributed by atoms with van der Waals surface area (Å²) in [6.45, 7) is 6.38. The molecule has 0 fully saturated rings. The number of hydrogen-bond donors (Lipinski definition) is 0. The van der Waals surface area contributed by atoms with E-state index in [-0.39, 0.29) is 17.8 Å². The van der Waals surface area contributed by atoms with Crippen molar-refractivity contribution in [2.24, 2.45) is 4.99 Å². The summed E-state index contributed by atoms with van der Waals surface area (Å²) in [4.78, 5) is 15.1. The maximum atomic E-state index is 11.0. The van der Waals surface area contributed by atoms with Crippen LogP contribution >= 0.6 is 11.8 Å². The molecule has 78 valence electrons. The van der Waals surface area contributed by atoms with E-state index in [1.54, 1.807) is 13.0 Å². The first kappa shape index (κ1) is 11.1. The molecule has 5 heteroatoms. The van der Waals surface area contributed by atoms with Crippen molar-refractivity contribution in [3.63, 3.8) is 0 Å². The van der Waals surface area contributed by atoms with Crippen LogP contribution in [0.5, 0.6) is 0 Å². The van der Waals surface area contributed by atoms with Crippen molar-refractivity contribution in [2.75, 3.05) is 18.9 Å². The summed E-state index contributed by atoms with van der Waals surface area (Å²) in [7, 11) is 0. The lowest BCUT2D eigenvalue weighted by Crippen LogP contribution is -2.11. The van der Waals surface area contributed by atoms with Crippen LogP contribution in [0.4, 0.5) is 0 Å². The molecule has 0 aromatic rings. The van der Waals surface area contributed by atoms with Crippen LogP contribution in [0.3, 0.4) is 0 Å². The van der Waals surface area contributed by atoms with Gasteiger partial charge in [-0.15, -0.1) is 0 Å². The molecule has 0 bridgehead atoms. The van der Waals surface area contributed by atoms with Crippen LogP contribution < -0.4 is 0 Å². The van der Waals surface area contributed by atoms with Gasteiger partial charge < -0.3 is 9.47 Å². The topological polar surface area (TPSA) is 47.9 Å². The highest BCUT2D eigenvalue weighted by Crippen LogP contribution is 2.15. The van der Waals surface area contributed by atoms with Crippen LogP contribution in [0.25, 0.3) is 0 Å². The molecule has 0 saturated carbocycles. The zero-order valence-corrected chi connectivity index (χ0v) is 8.88. The number of thioether (sulfide) groups is 1. The minimum absolute atomic E-state index is 0.0419. The third kappa shape index (κ3) is 3.41. The van der Waals surface area contributed by atoms with E-state index in [1.807, 2.05) is 0 Å². The average molecular weight is 215 g/mol. The maximum Gasteiger partial charge on any atom is 0.316 e. The van der Waals surface area contributed by atoms with E-state index in [1.165, 1.54) is 11.8 Å². The largest absolute Gasteiger partial charge is 0.465 e. The Bertz CT molecular complexity index is 252. The highest BCUT2D eigenvalue weighted by atomic mass is 32.2.